The van der Waals surface area contributed by atoms with Crippen LogP contribution in [0.2, 0.25) is 0 Å². The molecule has 17 heavy (non-hydrogen) atoms. The van der Waals surface area contributed by atoms with Crippen molar-refractivity contribution in [2.24, 2.45) is 11.7 Å². The second-order valence-corrected chi connectivity index (χ2v) is 4.47. The number of aryl methyl sites for hydroxylation is 1. The molecule has 0 saturated carbocycles. The summed E-state index contributed by atoms with van der Waals surface area (Å²) < 4.78 is 0. The van der Waals surface area contributed by atoms with E-state index in [0.717, 1.165) is 18.7 Å². The normalized spacial score (nSPS) is 20.6. The second kappa shape index (κ2) is 4.67. The van der Waals surface area contributed by atoms with Crippen LogP contribution >= 0.6 is 0 Å². The molecule has 1 aromatic heterocycles. The van der Waals surface area contributed by atoms with Gasteiger partial charge in [-0.15, -0.1) is 0 Å². The maximum atomic E-state index is 11.1. The lowest BCUT2D eigenvalue weighted by Crippen LogP contribution is -2.27. The Kier molecular flexibility index (Phi) is 3.23. The Morgan fingerprint density at radius 3 is 2.94 bits per heavy atom. The smallest absolute Gasteiger partial charge is 0.221 e. The molecule has 2 heterocycles. The molecule has 1 aromatic rings. The van der Waals surface area contributed by atoms with Gasteiger partial charge in [-0.25, -0.2) is 9.97 Å². The first-order chi connectivity index (χ1) is 8.04. The van der Waals surface area contributed by atoms with Gasteiger partial charge >= 0.3 is 0 Å². The molecule has 2 rings (SSSR count). The van der Waals surface area contributed by atoms with E-state index in [-0.39, 0.29) is 11.8 Å². The number of likely N-dealkylation sites (tertiary alicyclic amines) is 1. The lowest BCUT2D eigenvalue weighted by molar-refractivity contribution is -0.121. The topological polar surface area (TPSA) is 98.1 Å². The molecule has 4 N–H and O–H groups in total. The molecule has 1 atom stereocenters. The van der Waals surface area contributed by atoms with Crippen molar-refractivity contribution in [1.82, 2.24) is 14.9 Å². The highest BCUT2D eigenvalue weighted by Gasteiger charge is 2.26. The molecule has 1 fully saturated rings. The van der Waals surface area contributed by atoms with Gasteiger partial charge in [-0.2, -0.15) is 0 Å². The lowest BCUT2D eigenvalue weighted by atomic mass is 10.1. The molecule has 0 aromatic carbocycles. The van der Waals surface area contributed by atoms with Crippen LogP contribution in [0.3, 0.4) is 0 Å². The number of hydrogen-bond acceptors (Lipinski definition) is 5. The molecule has 1 aliphatic heterocycles. The summed E-state index contributed by atoms with van der Waals surface area (Å²) in [6, 6.07) is 1.74. The first-order valence-electron chi connectivity index (χ1n) is 5.66. The molecule has 92 valence electrons. The van der Waals surface area contributed by atoms with Crippen LogP contribution in [0.4, 0.5) is 5.82 Å². The largest absolute Gasteiger partial charge is 0.384 e. The van der Waals surface area contributed by atoms with Crippen LogP contribution in [0.1, 0.15) is 17.9 Å². The fourth-order valence-corrected chi connectivity index (χ4v) is 2.14. The van der Waals surface area contributed by atoms with Crippen molar-refractivity contribution in [3.05, 3.63) is 17.6 Å². The number of carbonyl (C=O) groups excluding carboxylic acids is 1. The second-order valence-electron chi connectivity index (χ2n) is 4.47. The van der Waals surface area contributed by atoms with Crippen molar-refractivity contribution in [3.63, 3.8) is 0 Å². The maximum Gasteiger partial charge on any atom is 0.221 e. The summed E-state index contributed by atoms with van der Waals surface area (Å²) in [6.07, 6.45) is 0.816. The van der Waals surface area contributed by atoms with E-state index < -0.39 is 0 Å². The molecular formula is C11H17N5O. The van der Waals surface area contributed by atoms with Crippen LogP contribution < -0.4 is 11.5 Å². The van der Waals surface area contributed by atoms with Gasteiger partial charge < -0.3 is 11.5 Å². The van der Waals surface area contributed by atoms with E-state index >= 15 is 0 Å². The number of hydrogen-bond donors (Lipinski definition) is 2. The van der Waals surface area contributed by atoms with Gasteiger partial charge in [-0.3, -0.25) is 9.69 Å². The van der Waals surface area contributed by atoms with Crippen LogP contribution in [-0.2, 0) is 11.3 Å². The fraction of sp³-hybridized carbons (Fsp3) is 0.545. The van der Waals surface area contributed by atoms with E-state index in [0.29, 0.717) is 24.7 Å². The van der Waals surface area contributed by atoms with E-state index in [1.54, 1.807) is 6.07 Å². The highest BCUT2D eigenvalue weighted by Crippen LogP contribution is 2.17. The first kappa shape index (κ1) is 11.8. The summed E-state index contributed by atoms with van der Waals surface area (Å²) in [4.78, 5) is 21.7. The van der Waals surface area contributed by atoms with Crippen LogP contribution in [0.5, 0.6) is 0 Å². The zero-order valence-corrected chi connectivity index (χ0v) is 9.89. The Bertz CT molecular complexity index is 414. The molecule has 0 spiro atoms. The van der Waals surface area contributed by atoms with Crippen molar-refractivity contribution in [2.75, 3.05) is 18.8 Å². The standard InChI is InChI=1S/C11H17N5O/c1-7-4-9(12)15-10(14-7)6-16-3-2-8(5-16)11(13)17/h4,8H,2-3,5-6H2,1H3,(H2,13,17)(H2,12,14,15). The summed E-state index contributed by atoms with van der Waals surface area (Å²) in [7, 11) is 0. The molecule has 0 bridgehead atoms. The number of primary amides is 1. The maximum absolute atomic E-state index is 11.1. The number of nitrogen functional groups attached to an aromatic ring is 1. The third-order valence-electron chi connectivity index (χ3n) is 2.96. The molecule has 0 aliphatic carbocycles. The van der Waals surface area contributed by atoms with Crippen LogP contribution in [0, 0.1) is 12.8 Å². The lowest BCUT2D eigenvalue weighted by Gasteiger charge is -2.14. The van der Waals surface area contributed by atoms with Crippen molar-refractivity contribution < 1.29 is 4.79 Å². The molecule has 6 nitrogen and oxygen atoms in total. The number of carbonyl (C=O) groups is 1. The highest BCUT2D eigenvalue weighted by atomic mass is 16.1. The Labute approximate surface area is 100 Å². The summed E-state index contributed by atoms with van der Waals surface area (Å²) in [5.74, 6) is 0.917. The minimum Gasteiger partial charge on any atom is -0.384 e. The Morgan fingerprint density at radius 1 is 1.59 bits per heavy atom. The molecule has 1 saturated heterocycles. The Hall–Kier alpha value is -1.69. The molecular weight excluding hydrogens is 218 g/mol. The van der Waals surface area contributed by atoms with Gasteiger partial charge in [0.1, 0.15) is 11.6 Å². The SMILES string of the molecule is Cc1cc(N)nc(CN2CCC(C(N)=O)C2)n1. The van der Waals surface area contributed by atoms with Gasteiger partial charge in [-0.05, 0) is 19.9 Å². The minimum absolute atomic E-state index is 0.0443. The number of nitrogens with zero attached hydrogens (tertiary/aromatic N) is 3. The molecule has 6 heteroatoms. The molecule has 1 amide bonds. The van der Waals surface area contributed by atoms with Crippen LogP contribution in [-0.4, -0.2) is 33.9 Å². The Balaban J connectivity index is 2.00. The zero-order valence-electron chi connectivity index (χ0n) is 9.89. The number of aromatic nitrogens is 2. The van der Waals surface area contributed by atoms with Gasteiger partial charge in [0.25, 0.3) is 0 Å². The van der Waals surface area contributed by atoms with Crippen molar-refractivity contribution in [2.45, 2.75) is 19.9 Å². The number of amides is 1. The number of rotatable bonds is 3. The average Bonchev–Trinajstić information content (AvgIpc) is 2.64. The van der Waals surface area contributed by atoms with Crippen molar-refractivity contribution in [1.29, 1.82) is 0 Å². The summed E-state index contributed by atoms with van der Waals surface area (Å²) in [5, 5.41) is 0. The summed E-state index contributed by atoms with van der Waals surface area (Å²) in [5.41, 5.74) is 11.8. The predicted octanol–water partition coefficient (Wildman–Crippen LogP) is -0.326. The molecule has 1 unspecified atom stereocenters. The minimum atomic E-state index is -0.225. The van der Waals surface area contributed by atoms with Crippen molar-refractivity contribution >= 4 is 11.7 Å². The van der Waals surface area contributed by atoms with E-state index in [9.17, 15) is 4.79 Å². The third-order valence-corrected chi connectivity index (χ3v) is 2.96. The third kappa shape index (κ3) is 2.91. The van der Waals surface area contributed by atoms with E-state index in [4.69, 9.17) is 11.5 Å². The predicted molar refractivity (Wildman–Crippen MR) is 63.8 cm³/mol. The van der Waals surface area contributed by atoms with E-state index in [1.807, 2.05) is 6.92 Å². The molecule has 1 aliphatic rings. The quantitative estimate of drug-likeness (QED) is 0.747. The van der Waals surface area contributed by atoms with Gasteiger partial charge in [-0.1, -0.05) is 0 Å². The Morgan fingerprint density at radius 2 is 2.35 bits per heavy atom. The first-order valence-corrected chi connectivity index (χ1v) is 5.66. The fourth-order valence-electron chi connectivity index (χ4n) is 2.14. The van der Waals surface area contributed by atoms with Gasteiger partial charge in [0.05, 0.1) is 12.5 Å². The van der Waals surface area contributed by atoms with Gasteiger partial charge in [0.2, 0.25) is 5.91 Å². The van der Waals surface area contributed by atoms with Gasteiger partial charge in [0.15, 0.2) is 0 Å². The highest BCUT2D eigenvalue weighted by molar-refractivity contribution is 5.77. The summed E-state index contributed by atoms with van der Waals surface area (Å²) in [6.45, 7) is 4.05. The number of anilines is 1. The van der Waals surface area contributed by atoms with Crippen LogP contribution in [0.25, 0.3) is 0 Å². The summed E-state index contributed by atoms with van der Waals surface area (Å²) >= 11 is 0. The van der Waals surface area contributed by atoms with E-state index in [2.05, 4.69) is 14.9 Å². The van der Waals surface area contributed by atoms with Crippen LogP contribution in [0.15, 0.2) is 6.07 Å². The van der Waals surface area contributed by atoms with Gasteiger partial charge in [0, 0.05) is 18.3 Å². The zero-order chi connectivity index (χ0) is 12.4. The van der Waals surface area contributed by atoms with Crippen molar-refractivity contribution in [3.8, 4) is 0 Å². The number of nitrogens with two attached hydrogens (primary N) is 2. The average molecular weight is 235 g/mol. The monoisotopic (exact) mass is 235 g/mol. The van der Waals surface area contributed by atoms with E-state index in [1.165, 1.54) is 0 Å². The molecule has 0 radical (unpaired) electrons.